The fourth-order valence-electron chi connectivity index (χ4n) is 4.45. The molecule has 0 fully saturated rings. The Bertz CT molecular complexity index is 1890. The van der Waals surface area contributed by atoms with Crippen molar-refractivity contribution in [2.45, 2.75) is 58.3 Å². The van der Waals surface area contributed by atoms with Crippen LogP contribution in [0.4, 0.5) is 18.9 Å². The van der Waals surface area contributed by atoms with Crippen molar-refractivity contribution in [2.24, 2.45) is 0 Å². The Balaban J connectivity index is 1.81. The van der Waals surface area contributed by atoms with Crippen molar-refractivity contribution in [1.29, 1.82) is 0 Å². The third-order valence-corrected chi connectivity index (χ3v) is 8.50. The van der Waals surface area contributed by atoms with E-state index < -0.39 is 49.2 Å². The van der Waals surface area contributed by atoms with Crippen LogP contribution in [0.1, 0.15) is 52.2 Å². The first-order valence-electron chi connectivity index (χ1n) is 13.6. The third kappa shape index (κ3) is 7.32. The van der Waals surface area contributed by atoms with Gasteiger partial charge in [0, 0.05) is 30.3 Å². The maximum atomic E-state index is 13.3. The Morgan fingerprint density at radius 3 is 2.38 bits per heavy atom. The SMILES string of the molecule is Cc1cccc(-n2nc(C(=O)NCc3cccc(C(F)(F)F)c3)c(C)c2Oc2ccc([N+](=O)[O-])cc2S(=O)(=O)NC(C)C)c1C. The topological polar surface area (TPSA) is 145 Å². The molecule has 0 atom stereocenters. The number of non-ortho nitro benzene ring substituents is 1. The van der Waals surface area contributed by atoms with Gasteiger partial charge < -0.3 is 10.1 Å². The van der Waals surface area contributed by atoms with E-state index in [2.05, 4.69) is 15.1 Å². The average molecular weight is 646 g/mol. The summed E-state index contributed by atoms with van der Waals surface area (Å²) >= 11 is 0. The summed E-state index contributed by atoms with van der Waals surface area (Å²) in [5, 5.41) is 18.5. The summed E-state index contributed by atoms with van der Waals surface area (Å²) in [6.45, 7) is 8.11. The van der Waals surface area contributed by atoms with Crippen LogP contribution in [0, 0.1) is 30.9 Å². The number of sulfonamides is 1. The maximum absolute atomic E-state index is 13.3. The van der Waals surface area contributed by atoms with Crippen molar-refractivity contribution in [1.82, 2.24) is 19.8 Å². The highest BCUT2D eigenvalue weighted by Crippen LogP contribution is 2.36. The lowest BCUT2D eigenvalue weighted by Crippen LogP contribution is -2.30. The van der Waals surface area contributed by atoms with Crippen LogP contribution in [-0.2, 0) is 22.7 Å². The molecule has 11 nitrogen and oxygen atoms in total. The Morgan fingerprint density at radius 1 is 1.04 bits per heavy atom. The summed E-state index contributed by atoms with van der Waals surface area (Å²) in [5.74, 6) is -1.04. The molecule has 0 bridgehead atoms. The third-order valence-electron chi connectivity index (χ3n) is 6.82. The van der Waals surface area contributed by atoms with Gasteiger partial charge in [-0.25, -0.2) is 13.1 Å². The second kappa shape index (κ2) is 12.7. The molecule has 3 aromatic carbocycles. The van der Waals surface area contributed by atoms with Gasteiger partial charge in [0.15, 0.2) is 5.69 Å². The summed E-state index contributed by atoms with van der Waals surface area (Å²) in [6.07, 6.45) is -4.55. The van der Waals surface area contributed by atoms with E-state index in [1.54, 1.807) is 26.0 Å². The minimum Gasteiger partial charge on any atom is -0.437 e. The molecule has 0 radical (unpaired) electrons. The Hall–Kier alpha value is -4.76. The number of carbonyl (C=O) groups is 1. The fraction of sp³-hybridized carbons (Fsp3) is 0.267. The van der Waals surface area contributed by atoms with Crippen LogP contribution in [0.5, 0.6) is 11.6 Å². The smallest absolute Gasteiger partial charge is 0.416 e. The minimum absolute atomic E-state index is 0.0530. The van der Waals surface area contributed by atoms with Crippen molar-refractivity contribution < 1.29 is 36.0 Å². The van der Waals surface area contributed by atoms with E-state index in [0.29, 0.717) is 5.69 Å². The number of hydrogen-bond acceptors (Lipinski definition) is 7. The summed E-state index contributed by atoms with van der Waals surface area (Å²) in [7, 11) is -4.30. The number of aromatic nitrogens is 2. The zero-order valence-electron chi connectivity index (χ0n) is 24.9. The molecule has 1 heterocycles. The van der Waals surface area contributed by atoms with Crippen molar-refractivity contribution in [2.75, 3.05) is 0 Å². The van der Waals surface area contributed by atoms with E-state index >= 15 is 0 Å². The Morgan fingerprint density at radius 2 is 1.73 bits per heavy atom. The van der Waals surface area contributed by atoms with Gasteiger partial charge in [-0.15, -0.1) is 0 Å². The number of benzene rings is 3. The number of nitro benzene ring substituents is 1. The molecule has 1 amide bonds. The van der Waals surface area contributed by atoms with Gasteiger partial charge in [-0.1, -0.05) is 24.3 Å². The molecule has 0 unspecified atom stereocenters. The van der Waals surface area contributed by atoms with E-state index in [1.807, 2.05) is 19.9 Å². The number of rotatable bonds is 10. The summed E-state index contributed by atoms with van der Waals surface area (Å²) in [5.41, 5.74) is 1.04. The number of halogens is 3. The molecular formula is C30H30F3N5O6S. The van der Waals surface area contributed by atoms with Gasteiger partial charge in [-0.05, 0) is 75.6 Å². The van der Waals surface area contributed by atoms with Gasteiger partial charge in [0.1, 0.15) is 10.6 Å². The highest BCUT2D eigenvalue weighted by Gasteiger charge is 2.31. The number of amides is 1. The van der Waals surface area contributed by atoms with Gasteiger partial charge in [0.2, 0.25) is 15.9 Å². The van der Waals surface area contributed by atoms with Crippen LogP contribution < -0.4 is 14.8 Å². The summed E-state index contributed by atoms with van der Waals surface area (Å²) in [4.78, 5) is 23.6. The predicted molar refractivity (Wildman–Crippen MR) is 159 cm³/mol. The molecule has 0 aliphatic heterocycles. The fourth-order valence-corrected chi connectivity index (χ4v) is 5.85. The first kappa shape index (κ1) is 33.1. The second-order valence-electron chi connectivity index (χ2n) is 10.6. The molecule has 0 spiro atoms. The lowest BCUT2D eigenvalue weighted by molar-refractivity contribution is -0.385. The molecule has 0 aliphatic carbocycles. The number of hydrogen-bond donors (Lipinski definition) is 2. The Labute approximate surface area is 257 Å². The number of nitrogens with zero attached hydrogens (tertiary/aromatic N) is 3. The first-order chi connectivity index (χ1) is 21.0. The van der Waals surface area contributed by atoms with Crippen LogP contribution in [0.3, 0.4) is 0 Å². The molecule has 4 rings (SSSR count). The largest absolute Gasteiger partial charge is 0.437 e. The molecule has 45 heavy (non-hydrogen) atoms. The summed E-state index contributed by atoms with van der Waals surface area (Å²) in [6, 6.07) is 12.4. The first-order valence-corrected chi connectivity index (χ1v) is 15.1. The van der Waals surface area contributed by atoms with Gasteiger partial charge in [0.05, 0.1) is 16.2 Å². The number of alkyl halides is 3. The monoisotopic (exact) mass is 645 g/mol. The van der Waals surface area contributed by atoms with Crippen molar-refractivity contribution in [3.8, 4) is 17.3 Å². The van der Waals surface area contributed by atoms with Crippen LogP contribution in [0.2, 0.25) is 0 Å². The predicted octanol–water partition coefficient (Wildman–Crippen LogP) is 6.13. The zero-order valence-corrected chi connectivity index (χ0v) is 25.7. The van der Waals surface area contributed by atoms with Crippen molar-refractivity contribution in [3.05, 3.63) is 104 Å². The molecule has 2 N–H and O–H groups in total. The molecule has 15 heteroatoms. The van der Waals surface area contributed by atoms with E-state index in [0.717, 1.165) is 41.5 Å². The molecule has 4 aromatic rings. The van der Waals surface area contributed by atoms with Gasteiger partial charge in [-0.3, -0.25) is 14.9 Å². The Kier molecular flexibility index (Phi) is 9.35. The van der Waals surface area contributed by atoms with E-state index in [4.69, 9.17) is 4.74 Å². The van der Waals surface area contributed by atoms with Crippen LogP contribution in [-0.4, -0.2) is 35.1 Å². The lowest BCUT2D eigenvalue weighted by Gasteiger charge is -2.16. The van der Waals surface area contributed by atoms with E-state index in [1.165, 1.54) is 23.7 Å². The number of ether oxygens (including phenoxy) is 1. The molecule has 238 valence electrons. The van der Waals surface area contributed by atoms with Gasteiger partial charge in [-0.2, -0.15) is 23.0 Å². The number of nitrogens with one attached hydrogen (secondary N) is 2. The van der Waals surface area contributed by atoms with Crippen LogP contribution in [0.25, 0.3) is 5.69 Å². The zero-order chi connectivity index (χ0) is 33.3. The quantitative estimate of drug-likeness (QED) is 0.156. The highest BCUT2D eigenvalue weighted by atomic mass is 32.2. The van der Waals surface area contributed by atoms with Gasteiger partial charge in [0.25, 0.3) is 11.6 Å². The number of aryl methyl sites for hydroxylation is 1. The molecular weight excluding hydrogens is 615 g/mol. The standard InChI is InChI=1S/C30H30F3N5O6S/c1-17(2)36-45(42,43)26-15-23(38(40)41)12-13-25(26)44-29-20(5)27(35-37(29)24-11-6-8-18(3)19(24)4)28(39)34-16-21-9-7-10-22(14-21)30(31,32)33/h6-15,17,36H,16H2,1-5H3,(H,34,39). The minimum atomic E-state index is -4.55. The average Bonchev–Trinajstić information content (AvgIpc) is 3.27. The summed E-state index contributed by atoms with van der Waals surface area (Å²) < 4.78 is 75.8. The normalized spacial score (nSPS) is 11.9. The number of nitro groups is 1. The van der Waals surface area contributed by atoms with Crippen molar-refractivity contribution >= 4 is 21.6 Å². The van der Waals surface area contributed by atoms with E-state index in [9.17, 15) is 36.5 Å². The highest BCUT2D eigenvalue weighted by molar-refractivity contribution is 7.89. The molecule has 1 aromatic heterocycles. The molecule has 0 saturated heterocycles. The maximum Gasteiger partial charge on any atom is 0.416 e. The van der Waals surface area contributed by atoms with Gasteiger partial charge >= 0.3 is 6.18 Å². The molecule has 0 aliphatic rings. The lowest BCUT2D eigenvalue weighted by atomic mass is 10.1. The molecule has 0 saturated carbocycles. The van der Waals surface area contributed by atoms with E-state index in [-0.39, 0.29) is 35.0 Å². The second-order valence-corrected chi connectivity index (χ2v) is 12.2. The van der Waals surface area contributed by atoms with Crippen molar-refractivity contribution in [3.63, 3.8) is 0 Å². The number of carbonyl (C=O) groups excluding carboxylic acids is 1. The van der Waals surface area contributed by atoms with Crippen LogP contribution in [0.15, 0.2) is 65.6 Å². The van der Waals surface area contributed by atoms with Crippen LogP contribution >= 0.6 is 0 Å².